The van der Waals surface area contributed by atoms with Crippen molar-refractivity contribution in [2.75, 3.05) is 0 Å². The molecule has 3 N–H and O–H groups in total. The average molecular weight is 359 g/mol. The van der Waals surface area contributed by atoms with Crippen molar-refractivity contribution in [1.29, 1.82) is 0 Å². The maximum absolute atomic E-state index is 13.6. The lowest BCUT2D eigenvalue weighted by atomic mass is 10.0. The summed E-state index contributed by atoms with van der Waals surface area (Å²) in [6.07, 6.45) is 2.35. The first-order valence-electron chi connectivity index (χ1n) is 6.57. The van der Waals surface area contributed by atoms with Crippen LogP contribution in [0.5, 0.6) is 0 Å². The third-order valence-corrected chi connectivity index (χ3v) is 4.05. The van der Waals surface area contributed by atoms with Crippen LogP contribution in [0.1, 0.15) is 37.2 Å². The van der Waals surface area contributed by atoms with Gasteiger partial charge in [-0.25, -0.2) is 8.78 Å². The highest BCUT2D eigenvalue weighted by molar-refractivity contribution is 9.10. The van der Waals surface area contributed by atoms with E-state index in [0.29, 0.717) is 12.0 Å². The molecular weight excluding hydrogens is 342 g/mol. The number of benzene rings is 1. The van der Waals surface area contributed by atoms with Gasteiger partial charge < -0.3 is 0 Å². The molecule has 4 nitrogen and oxygen atoms in total. The second kappa shape index (κ2) is 6.64. The Hall–Kier alpha value is -1.31. The molecule has 1 aromatic carbocycles. The number of aromatic nitrogens is 2. The molecule has 0 spiro atoms. The van der Waals surface area contributed by atoms with Crippen molar-refractivity contribution in [3.05, 3.63) is 51.8 Å². The molecule has 0 bridgehead atoms. The van der Waals surface area contributed by atoms with Gasteiger partial charge in [0.2, 0.25) is 0 Å². The molecule has 0 radical (unpaired) electrons. The molecule has 0 saturated heterocycles. The summed E-state index contributed by atoms with van der Waals surface area (Å²) >= 11 is 3.08. The van der Waals surface area contributed by atoms with Gasteiger partial charge in [-0.2, -0.15) is 5.10 Å². The van der Waals surface area contributed by atoms with Gasteiger partial charge in [0.25, 0.3) is 0 Å². The molecule has 2 rings (SSSR count). The van der Waals surface area contributed by atoms with E-state index in [-0.39, 0.29) is 16.6 Å². The van der Waals surface area contributed by atoms with Crippen LogP contribution in [0.4, 0.5) is 8.78 Å². The van der Waals surface area contributed by atoms with Gasteiger partial charge in [0.15, 0.2) is 11.6 Å². The fourth-order valence-corrected chi connectivity index (χ4v) is 2.65. The molecule has 21 heavy (non-hydrogen) atoms. The van der Waals surface area contributed by atoms with Gasteiger partial charge >= 0.3 is 0 Å². The quantitative estimate of drug-likeness (QED) is 0.490. The van der Waals surface area contributed by atoms with Crippen LogP contribution in [0.15, 0.2) is 28.9 Å². The Morgan fingerprint density at radius 1 is 1.33 bits per heavy atom. The van der Waals surface area contributed by atoms with E-state index in [9.17, 15) is 8.78 Å². The SMILES string of the molecule is CC(C)n1ccc(CC(NN)c2ccc(F)c(F)c2Br)n1. The Labute approximate surface area is 130 Å². The normalized spacial score (nSPS) is 12.9. The molecular formula is C14H17BrF2N4. The van der Waals surface area contributed by atoms with Gasteiger partial charge in [-0.05, 0) is 47.5 Å². The lowest BCUT2D eigenvalue weighted by Crippen LogP contribution is -2.30. The Bertz CT molecular complexity index is 627. The molecule has 0 aliphatic heterocycles. The zero-order valence-electron chi connectivity index (χ0n) is 11.8. The van der Waals surface area contributed by atoms with E-state index >= 15 is 0 Å². The molecule has 2 aromatic rings. The average Bonchev–Trinajstić information content (AvgIpc) is 2.92. The van der Waals surface area contributed by atoms with Gasteiger partial charge in [0.05, 0.1) is 16.2 Å². The van der Waals surface area contributed by atoms with Crippen molar-refractivity contribution < 1.29 is 8.78 Å². The number of nitrogens with one attached hydrogen (secondary N) is 1. The summed E-state index contributed by atoms with van der Waals surface area (Å²) in [7, 11) is 0. The smallest absolute Gasteiger partial charge is 0.173 e. The van der Waals surface area contributed by atoms with Crippen molar-refractivity contribution in [3.8, 4) is 0 Å². The van der Waals surface area contributed by atoms with Crippen LogP contribution in [0.3, 0.4) is 0 Å². The van der Waals surface area contributed by atoms with Crippen molar-refractivity contribution >= 4 is 15.9 Å². The van der Waals surface area contributed by atoms with Crippen molar-refractivity contribution in [3.63, 3.8) is 0 Å². The van der Waals surface area contributed by atoms with Crippen LogP contribution in [0.2, 0.25) is 0 Å². The summed E-state index contributed by atoms with van der Waals surface area (Å²) in [5.74, 6) is 3.74. The molecule has 7 heteroatoms. The van der Waals surface area contributed by atoms with Gasteiger partial charge in [-0.3, -0.25) is 16.0 Å². The minimum atomic E-state index is -0.916. The zero-order valence-corrected chi connectivity index (χ0v) is 13.4. The summed E-state index contributed by atoms with van der Waals surface area (Å²) in [6.45, 7) is 4.06. The molecule has 0 saturated carbocycles. The third-order valence-electron chi connectivity index (χ3n) is 3.25. The molecule has 1 unspecified atom stereocenters. The first-order valence-corrected chi connectivity index (χ1v) is 7.37. The second-order valence-corrected chi connectivity index (χ2v) is 5.86. The highest BCUT2D eigenvalue weighted by Gasteiger charge is 2.19. The van der Waals surface area contributed by atoms with Gasteiger partial charge in [0.1, 0.15) is 0 Å². The van der Waals surface area contributed by atoms with Crippen LogP contribution in [0.25, 0.3) is 0 Å². The highest BCUT2D eigenvalue weighted by atomic mass is 79.9. The molecule has 0 aliphatic rings. The van der Waals surface area contributed by atoms with E-state index in [4.69, 9.17) is 5.84 Å². The summed E-state index contributed by atoms with van der Waals surface area (Å²) in [5, 5.41) is 4.43. The van der Waals surface area contributed by atoms with Gasteiger partial charge in [0, 0.05) is 18.7 Å². The number of rotatable bonds is 5. The van der Waals surface area contributed by atoms with E-state index in [0.717, 1.165) is 11.8 Å². The predicted molar refractivity (Wildman–Crippen MR) is 80.4 cm³/mol. The fraction of sp³-hybridized carbons (Fsp3) is 0.357. The Balaban J connectivity index is 2.25. The van der Waals surface area contributed by atoms with Crippen molar-refractivity contribution in [2.45, 2.75) is 32.4 Å². The largest absolute Gasteiger partial charge is 0.271 e. The number of hydrogen-bond donors (Lipinski definition) is 2. The van der Waals surface area contributed by atoms with Crippen LogP contribution in [0, 0.1) is 11.6 Å². The minimum absolute atomic E-state index is 0.0775. The molecule has 1 heterocycles. The van der Waals surface area contributed by atoms with E-state index in [1.54, 1.807) is 0 Å². The van der Waals surface area contributed by atoms with Crippen LogP contribution in [-0.4, -0.2) is 9.78 Å². The highest BCUT2D eigenvalue weighted by Crippen LogP contribution is 2.29. The molecule has 0 fully saturated rings. The Morgan fingerprint density at radius 2 is 2.05 bits per heavy atom. The van der Waals surface area contributed by atoms with E-state index in [2.05, 4.69) is 26.5 Å². The van der Waals surface area contributed by atoms with E-state index in [1.165, 1.54) is 6.07 Å². The summed E-state index contributed by atoms with van der Waals surface area (Å²) in [4.78, 5) is 0. The van der Waals surface area contributed by atoms with Crippen molar-refractivity contribution in [1.82, 2.24) is 15.2 Å². The molecule has 0 amide bonds. The zero-order chi connectivity index (χ0) is 15.6. The number of nitrogens with zero attached hydrogens (tertiary/aromatic N) is 2. The fourth-order valence-electron chi connectivity index (χ4n) is 2.05. The summed E-state index contributed by atoms with van der Waals surface area (Å²) < 4.78 is 28.7. The number of halogens is 3. The maximum atomic E-state index is 13.6. The molecule has 1 atom stereocenters. The molecule has 114 valence electrons. The Kier molecular flexibility index (Phi) is 5.08. The van der Waals surface area contributed by atoms with Crippen molar-refractivity contribution in [2.24, 2.45) is 5.84 Å². The lowest BCUT2D eigenvalue weighted by molar-refractivity contribution is 0.485. The van der Waals surface area contributed by atoms with Crippen LogP contribution in [-0.2, 0) is 6.42 Å². The predicted octanol–water partition coefficient (Wildman–Crippen LogP) is 3.25. The third kappa shape index (κ3) is 3.48. The Morgan fingerprint density at radius 3 is 2.62 bits per heavy atom. The summed E-state index contributed by atoms with van der Waals surface area (Å²) in [5.41, 5.74) is 4.00. The van der Waals surface area contributed by atoms with Crippen LogP contribution >= 0.6 is 15.9 Å². The molecule has 1 aromatic heterocycles. The van der Waals surface area contributed by atoms with Crippen LogP contribution < -0.4 is 11.3 Å². The number of hydrogen-bond acceptors (Lipinski definition) is 3. The van der Waals surface area contributed by atoms with Gasteiger partial charge in [-0.15, -0.1) is 0 Å². The summed E-state index contributed by atoms with van der Waals surface area (Å²) in [6, 6.07) is 4.37. The van der Waals surface area contributed by atoms with Gasteiger partial charge in [-0.1, -0.05) is 6.07 Å². The number of nitrogens with two attached hydrogens (primary N) is 1. The second-order valence-electron chi connectivity index (χ2n) is 5.07. The van der Waals surface area contributed by atoms with E-state index < -0.39 is 11.6 Å². The first-order chi connectivity index (χ1) is 9.93. The topological polar surface area (TPSA) is 55.9 Å². The number of hydrazine groups is 1. The maximum Gasteiger partial charge on any atom is 0.173 e. The monoisotopic (exact) mass is 358 g/mol. The van der Waals surface area contributed by atoms with E-state index in [1.807, 2.05) is 30.8 Å². The molecule has 0 aliphatic carbocycles. The standard InChI is InChI=1S/C14H17BrF2N4/c1-8(2)21-6-5-9(20-21)7-12(19-18)10-3-4-11(16)14(17)13(10)15/h3-6,8,12,19H,7,18H2,1-2H3. The minimum Gasteiger partial charge on any atom is -0.271 e. The lowest BCUT2D eigenvalue weighted by Gasteiger charge is -2.17. The first kappa shape index (κ1) is 16.1.